The van der Waals surface area contributed by atoms with Gasteiger partial charge in [0, 0.05) is 5.02 Å². The largest absolute Gasteiger partial charge is 0.394 e. The monoisotopic (exact) mass is 405 g/mol. The summed E-state index contributed by atoms with van der Waals surface area (Å²) in [5, 5.41) is 33.5. The Labute approximate surface area is 165 Å². The van der Waals surface area contributed by atoms with Crippen LogP contribution in [-0.4, -0.2) is 59.8 Å². The van der Waals surface area contributed by atoms with E-state index in [4.69, 9.17) is 16.3 Å². The van der Waals surface area contributed by atoms with Gasteiger partial charge in [-0.1, -0.05) is 23.7 Å². The smallest absolute Gasteiger partial charge is 0.167 e. The molecule has 0 radical (unpaired) electrons. The molecule has 2 aromatic heterocycles. The van der Waals surface area contributed by atoms with Crippen molar-refractivity contribution in [1.82, 2.24) is 19.5 Å². The van der Waals surface area contributed by atoms with E-state index < -0.39 is 31.1 Å². The summed E-state index contributed by atoms with van der Waals surface area (Å²) in [7, 11) is 0. The molecular formula is C18H20ClN5O4. The molecule has 28 heavy (non-hydrogen) atoms. The quantitative estimate of drug-likeness (QED) is 0.500. The molecule has 1 aromatic carbocycles. The molecule has 0 spiro atoms. The molecule has 0 bridgehead atoms. The lowest BCUT2D eigenvalue weighted by Crippen LogP contribution is -2.33. The highest BCUT2D eigenvalue weighted by molar-refractivity contribution is 6.30. The number of aliphatic hydroxyl groups excluding tert-OH is 3. The number of nitrogens with one attached hydrogen (secondary N) is 1. The fourth-order valence-corrected chi connectivity index (χ4v) is 3.42. The normalized spacial score (nSPS) is 25.9. The van der Waals surface area contributed by atoms with Crippen LogP contribution in [0.25, 0.3) is 11.2 Å². The zero-order chi connectivity index (χ0) is 19.8. The second-order valence-corrected chi connectivity index (χ2v) is 7.13. The molecule has 0 aliphatic carbocycles. The van der Waals surface area contributed by atoms with Crippen LogP contribution in [0.3, 0.4) is 0 Å². The van der Waals surface area contributed by atoms with Crippen LogP contribution in [0.15, 0.2) is 36.9 Å². The van der Waals surface area contributed by atoms with Crippen LogP contribution in [0.2, 0.25) is 5.02 Å². The summed E-state index contributed by atoms with van der Waals surface area (Å²) >= 11 is 5.94. The summed E-state index contributed by atoms with van der Waals surface area (Å²) in [6, 6.07) is 7.43. The number of nitrogens with zero attached hydrogens (tertiary/aromatic N) is 4. The number of hydrogen-bond donors (Lipinski definition) is 4. The third kappa shape index (κ3) is 3.31. The third-order valence-electron chi connectivity index (χ3n) is 4.87. The van der Waals surface area contributed by atoms with E-state index in [-0.39, 0.29) is 6.04 Å². The first kappa shape index (κ1) is 19.0. The van der Waals surface area contributed by atoms with Crippen molar-refractivity contribution in [3.63, 3.8) is 0 Å². The average Bonchev–Trinajstić information content (AvgIpc) is 3.24. The standard InChI is InChI=1S/C18H20ClN5O4/c1-9(10-2-4-11(19)5-3-10)23-16-13-17(21-7-20-16)24(8-22-13)18-15(27)14(26)12(6-25)28-18/h2-5,7-9,12,14-15,18,25-27H,6H2,1H3,(H,20,21,23)/t9-,12+,14-,15?,18+/m0/s1. The number of benzene rings is 1. The van der Waals surface area contributed by atoms with Gasteiger partial charge in [0.2, 0.25) is 0 Å². The maximum atomic E-state index is 10.3. The first-order chi connectivity index (χ1) is 13.5. The molecule has 1 fully saturated rings. The van der Waals surface area contributed by atoms with E-state index in [1.165, 1.54) is 17.2 Å². The lowest BCUT2D eigenvalue weighted by atomic mass is 10.1. The highest BCUT2D eigenvalue weighted by Crippen LogP contribution is 2.32. The van der Waals surface area contributed by atoms with Gasteiger partial charge in [-0.2, -0.15) is 0 Å². The van der Waals surface area contributed by atoms with Gasteiger partial charge in [-0.05, 0) is 24.6 Å². The highest BCUT2D eigenvalue weighted by Gasteiger charge is 2.44. The Morgan fingerprint density at radius 3 is 2.61 bits per heavy atom. The van der Waals surface area contributed by atoms with Crippen LogP contribution in [0.5, 0.6) is 0 Å². The summed E-state index contributed by atoms with van der Waals surface area (Å²) in [4.78, 5) is 12.9. The van der Waals surface area contributed by atoms with Gasteiger partial charge >= 0.3 is 0 Å². The first-order valence-corrected chi connectivity index (χ1v) is 9.19. The summed E-state index contributed by atoms with van der Waals surface area (Å²) in [6.45, 7) is 1.59. The van der Waals surface area contributed by atoms with Crippen molar-refractivity contribution in [3.05, 3.63) is 47.5 Å². The van der Waals surface area contributed by atoms with Crippen molar-refractivity contribution in [2.75, 3.05) is 11.9 Å². The Kier molecular flexibility index (Phi) is 5.17. The Balaban J connectivity index is 1.63. The molecule has 1 aliphatic heterocycles. The summed E-state index contributed by atoms with van der Waals surface area (Å²) in [6.07, 6.45) is -1.34. The molecule has 1 unspecified atom stereocenters. The van der Waals surface area contributed by atoms with Gasteiger partial charge in [0.25, 0.3) is 0 Å². The zero-order valence-electron chi connectivity index (χ0n) is 15.0. The molecule has 4 rings (SSSR count). The van der Waals surface area contributed by atoms with E-state index in [2.05, 4.69) is 20.3 Å². The second kappa shape index (κ2) is 7.61. The Morgan fingerprint density at radius 2 is 1.93 bits per heavy atom. The number of halogens is 1. The van der Waals surface area contributed by atoms with Crippen molar-refractivity contribution in [2.24, 2.45) is 0 Å². The number of hydrogen-bond acceptors (Lipinski definition) is 8. The van der Waals surface area contributed by atoms with Gasteiger partial charge in [0.15, 0.2) is 23.2 Å². The number of aromatic nitrogens is 4. The summed E-state index contributed by atoms with van der Waals surface area (Å²) in [5.41, 5.74) is 1.97. The minimum Gasteiger partial charge on any atom is -0.394 e. The van der Waals surface area contributed by atoms with Crippen molar-refractivity contribution < 1.29 is 20.1 Å². The van der Waals surface area contributed by atoms with E-state index in [1.807, 2.05) is 31.2 Å². The lowest BCUT2D eigenvalue weighted by molar-refractivity contribution is -0.0511. The number of ether oxygens (including phenoxy) is 1. The predicted molar refractivity (Wildman–Crippen MR) is 102 cm³/mol. The number of rotatable bonds is 5. The maximum absolute atomic E-state index is 10.3. The molecule has 3 aromatic rings. The van der Waals surface area contributed by atoms with Crippen LogP contribution in [0, 0.1) is 0 Å². The molecule has 0 amide bonds. The van der Waals surface area contributed by atoms with E-state index in [9.17, 15) is 15.3 Å². The van der Waals surface area contributed by atoms with E-state index >= 15 is 0 Å². The fourth-order valence-electron chi connectivity index (χ4n) is 3.29. The molecule has 3 heterocycles. The highest BCUT2D eigenvalue weighted by atomic mass is 35.5. The molecule has 9 nitrogen and oxygen atoms in total. The predicted octanol–water partition coefficient (Wildman–Crippen LogP) is 1.26. The van der Waals surface area contributed by atoms with Crippen LogP contribution >= 0.6 is 11.6 Å². The molecule has 0 saturated carbocycles. The van der Waals surface area contributed by atoms with Gasteiger partial charge in [-0.15, -0.1) is 0 Å². The van der Waals surface area contributed by atoms with Crippen LogP contribution in [0.4, 0.5) is 5.82 Å². The van der Waals surface area contributed by atoms with E-state index in [1.54, 1.807) is 0 Å². The SMILES string of the molecule is C[C@H](Nc1ncnc2c1ncn2[C@@H]1O[C@H](CO)[C@H](O)C1O)c1ccc(Cl)cc1. The third-order valence-corrected chi connectivity index (χ3v) is 5.13. The van der Waals surface area contributed by atoms with Gasteiger partial charge in [0.1, 0.15) is 24.6 Å². The topological polar surface area (TPSA) is 126 Å². The molecule has 1 aliphatic rings. The molecular weight excluding hydrogens is 386 g/mol. The number of anilines is 1. The Bertz CT molecular complexity index is 966. The number of aliphatic hydroxyl groups is 3. The number of imidazole rings is 1. The minimum atomic E-state index is -1.21. The van der Waals surface area contributed by atoms with Crippen LogP contribution in [-0.2, 0) is 4.74 Å². The van der Waals surface area contributed by atoms with Crippen LogP contribution < -0.4 is 5.32 Å². The molecule has 1 saturated heterocycles. The van der Waals surface area contributed by atoms with Gasteiger partial charge < -0.3 is 25.4 Å². The molecule has 10 heteroatoms. The first-order valence-electron chi connectivity index (χ1n) is 8.81. The Morgan fingerprint density at radius 1 is 1.18 bits per heavy atom. The average molecular weight is 406 g/mol. The number of fused-ring (bicyclic) bond motifs is 1. The van der Waals surface area contributed by atoms with E-state index in [0.717, 1.165) is 5.56 Å². The molecule has 5 atom stereocenters. The van der Waals surface area contributed by atoms with E-state index in [0.29, 0.717) is 22.0 Å². The summed E-state index contributed by atoms with van der Waals surface area (Å²) in [5.74, 6) is 0.526. The van der Waals surface area contributed by atoms with Crippen molar-refractivity contribution >= 4 is 28.6 Å². The lowest BCUT2D eigenvalue weighted by Gasteiger charge is -2.17. The fraction of sp³-hybridized carbons (Fsp3) is 0.389. The van der Waals surface area contributed by atoms with Crippen LogP contribution in [0.1, 0.15) is 24.8 Å². The van der Waals surface area contributed by atoms with Crippen molar-refractivity contribution in [3.8, 4) is 0 Å². The van der Waals surface area contributed by atoms with Gasteiger partial charge in [-0.3, -0.25) is 4.57 Å². The van der Waals surface area contributed by atoms with Crippen molar-refractivity contribution in [1.29, 1.82) is 0 Å². The zero-order valence-corrected chi connectivity index (χ0v) is 15.7. The summed E-state index contributed by atoms with van der Waals surface area (Å²) < 4.78 is 7.10. The minimum absolute atomic E-state index is 0.0607. The van der Waals surface area contributed by atoms with Gasteiger partial charge in [-0.25, -0.2) is 15.0 Å². The second-order valence-electron chi connectivity index (χ2n) is 6.69. The van der Waals surface area contributed by atoms with Gasteiger partial charge in [0.05, 0.1) is 19.0 Å². The van der Waals surface area contributed by atoms with Crippen molar-refractivity contribution in [2.45, 2.75) is 37.5 Å². The molecule has 4 N–H and O–H groups in total. The Hall–Kier alpha value is -2.30. The molecule has 148 valence electrons. The maximum Gasteiger partial charge on any atom is 0.167 e.